The van der Waals surface area contributed by atoms with E-state index >= 15 is 0 Å². The average Bonchev–Trinajstić information content (AvgIpc) is 3.13. The van der Waals surface area contributed by atoms with E-state index in [0.29, 0.717) is 6.54 Å². The van der Waals surface area contributed by atoms with Crippen LogP contribution in [0.5, 0.6) is 0 Å². The molecule has 0 radical (unpaired) electrons. The molecule has 1 amide bonds. The van der Waals surface area contributed by atoms with Crippen molar-refractivity contribution in [3.8, 4) is 0 Å². The average molecular weight is 365 g/mol. The number of nitrogens with zero attached hydrogens (tertiary/aromatic N) is 4. The van der Waals surface area contributed by atoms with Crippen molar-refractivity contribution in [2.75, 3.05) is 32.8 Å². The van der Waals surface area contributed by atoms with Crippen molar-refractivity contribution in [1.29, 1.82) is 0 Å². The molecule has 1 aliphatic heterocycles. The molecule has 0 saturated carbocycles. The molecule has 2 aromatic heterocycles. The molecule has 140 valence electrons. The highest BCUT2D eigenvalue weighted by Gasteiger charge is 2.23. The van der Waals surface area contributed by atoms with Crippen molar-refractivity contribution in [1.82, 2.24) is 25.0 Å². The van der Waals surface area contributed by atoms with Crippen LogP contribution < -0.4 is 5.32 Å². The molecule has 3 aromatic rings. The van der Waals surface area contributed by atoms with Gasteiger partial charge in [-0.15, -0.1) is 0 Å². The van der Waals surface area contributed by atoms with E-state index < -0.39 is 0 Å². The predicted molar refractivity (Wildman–Crippen MR) is 102 cm³/mol. The number of para-hydroxylation sites is 1. The second-order valence-corrected chi connectivity index (χ2v) is 6.61. The van der Waals surface area contributed by atoms with Gasteiger partial charge in [0.25, 0.3) is 0 Å². The number of fused-ring (bicyclic) bond motifs is 1. The maximum absolute atomic E-state index is 12.5. The molecule has 1 aromatic carbocycles. The summed E-state index contributed by atoms with van der Waals surface area (Å²) in [6.07, 6.45) is 5.37. The van der Waals surface area contributed by atoms with Crippen molar-refractivity contribution < 1.29 is 9.53 Å². The number of hydrogen-bond donors (Lipinski definition) is 1. The normalized spacial score (nSPS) is 16.3. The van der Waals surface area contributed by atoms with E-state index in [-0.39, 0.29) is 18.5 Å². The van der Waals surface area contributed by atoms with Crippen LogP contribution in [-0.4, -0.2) is 58.4 Å². The quantitative estimate of drug-likeness (QED) is 0.719. The van der Waals surface area contributed by atoms with Crippen LogP contribution in [0.4, 0.5) is 0 Å². The zero-order chi connectivity index (χ0) is 18.5. The monoisotopic (exact) mass is 365 g/mol. The van der Waals surface area contributed by atoms with Crippen molar-refractivity contribution in [3.05, 3.63) is 60.6 Å². The van der Waals surface area contributed by atoms with Crippen LogP contribution in [0.25, 0.3) is 10.9 Å². The third kappa shape index (κ3) is 4.15. The van der Waals surface area contributed by atoms with Gasteiger partial charge in [0.15, 0.2) is 0 Å². The van der Waals surface area contributed by atoms with Gasteiger partial charge in [0, 0.05) is 37.4 Å². The molecular formula is C20H23N5O2. The van der Waals surface area contributed by atoms with Crippen LogP contribution in [0.2, 0.25) is 0 Å². The summed E-state index contributed by atoms with van der Waals surface area (Å²) in [5.74, 6) is -0.0452. The lowest BCUT2D eigenvalue weighted by Gasteiger charge is -2.34. The Morgan fingerprint density at radius 1 is 1.15 bits per heavy atom. The molecule has 1 aliphatic rings. The highest BCUT2D eigenvalue weighted by molar-refractivity contribution is 5.81. The second-order valence-electron chi connectivity index (χ2n) is 6.61. The highest BCUT2D eigenvalue weighted by Crippen LogP contribution is 2.20. The molecule has 3 heterocycles. The fourth-order valence-corrected chi connectivity index (χ4v) is 3.49. The molecule has 7 heteroatoms. The van der Waals surface area contributed by atoms with Crippen LogP contribution in [-0.2, 0) is 16.1 Å². The molecule has 0 bridgehead atoms. The summed E-state index contributed by atoms with van der Waals surface area (Å²) in [5, 5.41) is 8.45. The zero-order valence-electron chi connectivity index (χ0n) is 15.1. The topological polar surface area (TPSA) is 72.3 Å². The van der Waals surface area contributed by atoms with Crippen LogP contribution in [0.1, 0.15) is 11.6 Å². The number of aromatic nitrogens is 3. The molecule has 1 fully saturated rings. The number of morpholine rings is 1. The Labute approximate surface area is 157 Å². The van der Waals surface area contributed by atoms with Crippen molar-refractivity contribution in [2.24, 2.45) is 0 Å². The van der Waals surface area contributed by atoms with Gasteiger partial charge in [-0.05, 0) is 23.8 Å². The van der Waals surface area contributed by atoms with E-state index in [2.05, 4.69) is 20.3 Å². The van der Waals surface area contributed by atoms with Crippen LogP contribution in [0.15, 0.2) is 55.0 Å². The maximum atomic E-state index is 12.5. The van der Waals surface area contributed by atoms with E-state index in [9.17, 15) is 4.79 Å². The van der Waals surface area contributed by atoms with Gasteiger partial charge < -0.3 is 10.1 Å². The molecule has 1 atom stereocenters. The standard InChI is InChI=1S/C20H23N5O2/c26-20(15-25-18-4-2-1-3-17(18)13-23-25)22-14-19(16-5-7-21-8-6-16)24-9-11-27-12-10-24/h1-8,13,19H,9-12,14-15H2,(H,22,26)/t19-/m1/s1. The number of carbonyl (C=O) groups is 1. The number of benzene rings is 1. The SMILES string of the molecule is O=C(Cn1ncc2ccccc21)NC[C@H](c1ccncc1)N1CCOCC1. The Hall–Kier alpha value is -2.77. The van der Waals surface area contributed by atoms with E-state index in [0.717, 1.165) is 42.8 Å². The summed E-state index contributed by atoms with van der Waals surface area (Å²) in [6, 6.07) is 12.0. The molecule has 0 unspecified atom stereocenters. The van der Waals surface area contributed by atoms with Crippen molar-refractivity contribution in [3.63, 3.8) is 0 Å². The Bertz CT molecular complexity index is 890. The van der Waals surface area contributed by atoms with Gasteiger partial charge in [-0.25, -0.2) is 0 Å². The minimum atomic E-state index is -0.0452. The van der Waals surface area contributed by atoms with Crippen LogP contribution in [0.3, 0.4) is 0 Å². The fourth-order valence-electron chi connectivity index (χ4n) is 3.49. The number of carbonyl (C=O) groups excluding carboxylic acids is 1. The zero-order valence-corrected chi connectivity index (χ0v) is 15.1. The lowest BCUT2D eigenvalue weighted by Crippen LogP contribution is -2.44. The largest absolute Gasteiger partial charge is 0.379 e. The molecule has 4 rings (SSSR count). The predicted octanol–water partition coefficient (Wildman–Crippen LogP) is 1.62. The Kier molecular flexibility index (Phi) is 5.41. The van der Waals surface area contributed by atoms with Gasteiger partial charge in [-0.2, -0.15) is 5.10 Å². The first-order chi connectivity index (χ1) is 13.3. The molecule has 1 N–H and O–H groups in total. The van der Waals surface area contributed by atoms with Gasteiger partial charge in [0.05, 0.1) is 31.0 Å². The van der Waals surface area contributed by atoms with Gasteiger partial charge in [0.1, 0.15) is 6.54 Å². The van der Waals surface area contributed by atoms with E-state index in [1.54, 1.807) is 23.3 Å². The molecule has 0 spiro atoms. The van der Waals surface area contributed by atoms with Gasteiger partial charge in [-0.1, -0.05) is 18.2 Å². The number of rotatable bonds is 6. The minimum Gasteiger partial charge on any atom is -0.379 e. The summed E-state index contributed by atoms with van der Waals surface area (Å²) in [5.41, 5.74) is 2.11. The number of amides is 1. The molecular weight excluding hydrogens is 342 g/mol. The minimum absolute atomic E-state index is 0.0452. The Morgan fingerprint density at radius 2 is 1.93 bits per heavy atom. The molecule has 1 saturated heterocycles. The number of ether oxygens (including phenoxy) is 1. The van der Waals surface area contributed by atoms with Crippen LogP contribution >= 0.6 is 0 Å². The van der Waals surface area contributed by atoms with Crippen molar-refractivity contribution in [2.45, 2.75) is 12.6 Å². The summed E-state index contributed by atoms with van der Waals surface area (Å²) in [4.78, 5) is 19.0. The molecule has 0 aliphatic carbocycles. The molecule has 27 heavy (non-hydrogen) atoms. The third-order valence-corrected chi connectivity index (χ3v) is 4.91. The lowest BCUT2D eigenvalue weighted by atomic mass is 10.1. The van der Waals surface area contributed by atoms with E-state index in [4.69, 9.17) is 4.74 Å². The second kappa shape index (κ2) is 8.28. The van der Waals surface area contributed by atoms with E-state index in [1.807, 2.05) is 36.4 Å². The fraction of sp³-hybridized carbons (Fsp3) is 0.350. The summed E-state index contributed by atoms with van der Waals surface area (Å²) >= 11 is 0. The number of nitrogens with one attached hydrogen (secondary N) is 1. The Morgan fingerprint density at radius 3 is 2.74 bits per heavy atom. The maximum Gasteiger partial charge on any atom is 0.241 e. The van der Waals surface area contributed by atoms with Gasteiger partial charge >= 0.3 is 0 Å². The lowest BCUT2D eigenvalue weighted by molar-refractivity contribution is -0.122. The first-order valence-electron chi connectivity index (χ1n) is 9.20. The van der Waals surface area contributed by atoms with Gasteiger partial charge in [-0.3, -0.25) is 19.4 Å². The summed E-state index contributed by atoms with van der Waals surface area (Å²) in [6.45, 7) is 3.89. The van der Waals surface area contributed by atoms with E-state index in [1.165, 1.54) is 0 Å². The number of hydrogen-bond acceptors (Lipinski definition) is 5. The smallest absolute Gasteiger partial charge is 0.241 e. The summed E-state index contributed by atoms with van der Waals surface area (Å²) < 4.78 is 7.21. The Balaban J connectivity index is 1.43. The third-order valence-electron chi connectivity index (χ3n) is 4.91. The van der Waals surface area contributed by atoms with Crippen molar-refractivity contribution >= 4 is 16.8 Å². The first kappa shape index (κ1) is 17.6. The van der Waals surface area contributed by atoms with Gasteiger partial charge in [0.2, 0.25) is 5.91 Å². The summed E-state index contributed by atoms with van der Waals surface area (Å²) in [7, 11) is 0. The first-order valence-corrected chi connectivity index (χ1v) is 9.20. The molecule has 7 nitrogen and oxygen atoms in total. The highest BCUT2D eigenvalue weighted by atomic mass is 16.5. The number of pyridine rings is 1. The van der Waals surface area contributed by atoms with Crippen LogP contribution in [0, 0.1) is 0 Å².